The molecule has 0 aliphatic carbocycles. The van der Waals surface area contributed by atoms with Crippen LogP contribution in [-0.4, -0.2) is 22.2 Å². The molecule has 0 unspecified atom stereocenters. The molecule has 1 heterocycles. The molecule has 108 valence electrons. The summed E-state index contributed by atoms with van der Waals surface area (Å²) in [5, 5.41) is 7.19. The molecule has 0 atom stereocenters. The van der Waals surface area contributed by atoms with Crippen LogP contribution in [0.2, 0.25) is 0 Å². The lowest BCUT2D eigenvalue weighted by Gasteiger charge is -2.04. The highest BCUT2D eigenvalue weighted by molar-refractivity contribution is 6.04. The van der Waals surface area contributed by atoms with E-state index >= 15 is 0 Å². The molecule has 3 N–H and O–H groups in total. The first-order chi connectivity index (χ1) is 10.1. The minimum absolute atomic E-state index is 0.172. The van der Waals surface area contributed by atoms with Crippen molar-refractivity contribution in [3.05, 3.63) is 47.3 Å². The lowest BCUT2D eigenvalue weighted by atomic mass is 10.1. The van der Waals surface area contributed by atoms with Gasteiger partial charge in [0.15, 0.2) is 0 Å². The average molecular weight is 282 g/mol. The number of carbonyl (C=O) groups is 1. The van der Waals surface area contributed by atoms with Gasteiger partial charge in [0.05, 0.1) is 17.9 Å². The van der Waals surface area contributed by atoms with Gasteiger partial charge in [0.2, 0.25) is 0 Å². The summed E-state index contributed by atoms with van der Waals surface area (Å²) in [5.41, 5.74) is 8.29. The third kappa shape index (κ3) is 3.71. The summed E-state index contributed by atoms with van der Waals surface area (Å²) in [4.78, 5) is 12.3. The van der Waals surface area contributed by atoms with Crippen molar-refractivity contribution in [3.8, 4) is 11.8 Å². The fourth-order valence-corrected chi connectivity index (χ4v) is 1.99. The van der Waals surface area contributed by atoms with E-state index in [2.05, 4.69) is 22.3 Å². The molecule has 2 rings (SSSR count). The Balaban J connectivity index is 2.20. The predicted octanol–water partition coefficient (Wildman–Crippen LogP) is 1.55. The van der Waals surface area contributed by atoms with Crippen LogP contribution in [0.3, 0.4) is 0 Å². The second kappa shape index (κ2) is 6.73. The van der Waals surface area contributed by atoms with Crippen molar-refractivity contribution in [2.45, 2.75) is 13.3 Å². The monoisotopic (exact) mass is 282 g/mol. The normalized spacial score (nSPS) is 9.86. The Morgan fingerprint density at radius 1 is 1.48 bits per heavy atom. The number of nitrogens with zero attached hydrogens (tertiary/aromatic N) is 2. The highest BCUT2D eigenvalue weighted by Gasteiger charge is 2.11. The fourth-order valence-electron chi connectivity index (χ4n) is 1.99. The molecular formula is C16H18N4O. The van der Waals surface area contributed by atoms with Crippen molar-refractivity contribution < 1.29 is 4.79 Å². The zero-order chi connectivity index (χ0) is 15.2. The lowest BCUT2D eigenvalue weighted by Crippen LogP contribution is -2.12. The zero-order valence-electron chi connectivity index (χ0n) is 12.2. The van der Waals surface area contributed by atoms with Crippen LogP contribution >= 0.6 is 0 Å². The highest BCUT2D eigenvalue weighted by atomic mass is 16.1. The van der Waals surface area contributed by atoms with Gasteiger partial charge in [-0.2, -0.15) is 5.10 Å². The molecule has 0 saturated heterocycles. The van der Waals surface area contributed by atoms with Crippen molar-refractivity contribution >= 4 is 11.6 Å². The molecule has 1 amide bonds. The number of anilines is 1. The van der Waals surface area contributed by atoms with Gasteiger partial charge >= 0.3 is 0 Å². The average Bonchev–Trinajstić information content (AvgIpc) is 2.85. The summed E-state index contributed by atoms with van der Waals surface area (Å²) in [6.07, 6.45) is 2.56. The number of aryl methyl sites for hydroxylation is 2. The quantitative estimate of drug-likeness (QED) is 0.839. The van der Waals surface area contributed by atoms with E-state index in [0.717, 1.165) is 23.4 Å². The minimum atomic E-state index is -0.172. The van der Waals surface area contributed by atoms with Gasteiger partial charge in [-0.25, -0.2) is 0 Å². The van der Waals surface area contributed by atoms with E-state index in [4.69, 9.17) is 5.73 Å². The van der Waals surface area contributed by atoms with E-state index in [9.17, 15) is 4.79 Å². The summed E-state index contributed by atoms with van der Waals surface area (Å²) >= 11 is 0. The van der Waals surface area contributed by atoms with E-state index in [1.165, 1.54) is 0 Å². The molecule has 0 bridgehead atoms. The first-order valence-electron chi connectivity index (χ1n) is 6.77. The second-order valence-electron chi connectivity index (χ2n) is 4.56. The largest absolute Gasteiger partial charge is 0.320 e. The Kier molecular flexibility index (Phi) is 4.75. The van der Waals surface area contributed by atoms with Crippen LogP contribution < -0.4 is 11.1 Å². The zero-order valence-corrected chi connectivity index (χ0v) is 12.2. The van der Waals surface area contributed by atoms with Gasteiger partial charge in [0.25, 0.3) is 5.91 Å². The van der Waals surface area contributed by atoms with Crippen molar-refractivity contribution in [2.24, 2.45) is 12.8 Å². The van der Waals surface area contributed by atoms with Crippen molar-refractivity contribution in [2.75, 3.05) is 11.9 Å². The van der Waals surface area contributed by atoms with E-state index in [0.29, 0.717) is 12.1 Å². The Labute approximate surface area is 124 Å². The molecular weight excluding hydrogens is 264 g/mol. The van der Waals surface area contributed by atoms with Crippen molar-refractivity contribution in [1.82, 2.24) is 9.78 Å². The van der Waals surface area contributed by atoms with Gasteiger partial charge < -0.3 is 11.1 Å². The fraction of sp³-hybridized carbons (Fsp3) is 0.250. The number of nitrogens with two attached hydrogens (primary N) is 1. The topological polar surface area (TPSA) is 72.9 Å². The number of rotatable bonds is 3. The summed E-state index contributed by atoms with van der Waals surface area (Å²) < 4.78 is 1.69. The Morgan fingerprint density at radius 2 is 2.29 bits per heavy atom. The molecule has 0 radical (unpaired) electrons. The standard InChI is InChI=1S/C16H18N4O/c1-3-14-15(11-20(2)19-14)18-16(21)13-8-4-6-12(10-13)7-5-9-17/h4,6,8,10-11H,3,9,17H2,1-2H3,(H,18,21). The molecule has 1 aromatic carbocycles. The van der Waals surface area contributed by atoms with Crippen LogP contribution in [0.1, 0.15) is 28.5 Å². The maximum absolute atomic E-state index is 12.3. The third-order valence-corrected chi connectivity index (χ3v) is 2.95. The molecule has 0 aliphatic rings. The van der Waals surface area contributed by atoms with E-state index in [-0.39, 0.29) is 5.91 Å². The number of aromatic nitrogens is 2. The maximum atomic E-state index is 12.3. The summed E-state index contributed by atoms with van der Waals surface area (Å²) in [7, 11) is 1.83. The first kappa shape index (κ1) is 14.8. The van der Waals surface area contributed by atoms with Crippen molar-refractivity contribution in [1.29, 1.82) is 0 Å². The van der Waals surface area contributed by atoms with Crippen LogP contribution in [0.5, 0.6) is 0 Å². The molecule has 1 aromatic heterocycles. The van der Waals surface area contributed by atoms with Crippen molar-refractivity contribution in [3.63, 3.8) is 0 Å². The molecule has 21 heavy (non-hydrogen) atoms. The number of nitrogens with one attached hydrogen (secondary N) is 1. The van der Waals surface area contributed by atoms with Gasteiger partial charge in [-0.15, -0.1) is 0 Å². The Morgan fingerprint density at radius 3 is 3.00 bits per heavy atom. The number of hydrogen-bond donors (Lipinski definition) is 2. The minimum Gasteiger partial charge on any atom is -0.320 e. The van der Waals surface area contributed by atoms with E-state index in [1.807, 2.05) is 20.0 Å². The molecule has 5 nitrogen and oxygen atoms in total. The number of hydrogen-bond acceptors (Lipinski definition) is 3. The number of amides is 1. The van der Waals surface area contributed by atoms with Crippen LogP contribution in [0.25, 0.3) is 0 Å². The SMILES string of the molecule is CCc1nn(C)cc1NC(=O)c1cccc(C#CCN)c1. The molecule has 5 heteroatoms. The summed E-state index contributed by atoms with van der Waals surface area (Å²) in [5.74, 6) is 5.52. The maximum Gasteiger partial charge on any atom is 0.255 e. The molecule has 0 saturated carbocycles. The number of benzene rings is 1. The Hall–Kier alpha value is -2.58. The summed E-state index contributed by atoms with van der Waals surface area (Å²) in [6, 6.07) is 7.16. The van der Waals surface area contributed by atoms with Crippen LogP contribution in [0, 0.1) is 11.8 Å². The van der Waals surface area contributed by atoms with Gasteiger partial charge in [-0.3, -0.25) is 9.48 Å². The second-order valence-corrected chi connectivity index (χ2v) is 4.56. The first-order valence-corrected chi connectivity index (χ1v) is 6.77. The Bertz CT molecular complexity index is 707. The molecule has 0 fully saturated rings. The van der Waals surface area contributed by atoms with Gasteiger partial charge in [-0.05, 0) is 24.6 Å². The van der Waals surface area contributed by atoms with Gasteiger partial charge in [-0.1, -0.05) is 24.8 Å². The third-order valence-electron chi connectivity index (χ3n) is 2.95. The predicted molar refractivity (Wildman–Crippen MR) is 82.9 cm³/mol. The summed E-state index contributed by atoms with van der Waals surface area (Å²) in [6.45, 7) is 2.30. The van der Waals surface area contributed by atoms with Gasteiger partial charge in [0.1, 0.15) is 0 Å². The van der Waals surface area contributed by atoms with Crippen LogP contribution in [0.15, 0.2) is 30.5 Å². The molecule has 0 aliphatic heterocycles. The molecule has 2 aromatic rings. The highest BCUT2D eigenvalue weighted by Crippen LogP contribution is 2.15. The smallest absolute Gasteiger partial charge is 0.255 e. The van der Waals surface area contributed by atoms with Crippen LogP contribution in [-0.2, 0) is 13.5 Å². The van der Waals surface area contributed by atoms with E-state index in [1.54, 1.807) is 29.1 Å². The van der Waals surface area contributed by atoms with Gasteiger partial charge in [0, 0.05) is 24.4 Å². The van der Waals surface area contributed by atoms with E-state index < -0.39 is 0 Å². The lowest BCUT2D eigenvalue weighted by molar-refractivity contribution is 0.102. The van der Waals surface area contributed by atoms with Crippen LogP contribution in [0.4, 0.5) is 5.69 Å². The molecule has 0 spiro atoms. The number of carbonyl (C=O) groups excluding carboxylic acids is 1.